The van der Waals surface area contributed by atoms with Crippen LogP contribution in [0.2, 0.25) is 0 Å². The predicted molar refractivity (Wildman–Crippen MR) is 290 cm³/mol. The predicted octanol–water partition coefficient (Wildman–Crippen LogP) is 17.0. The van der Waals surface area contributed by atoms with Crippen molar-refractivity contribution < 1.29 is 0 Å². The highest BCUT2D eigenvalue weighted by Crippen LogP contribution is 2.59. The van der Waals surface area contributed by atoms with Crippen molar-refractivity contribution in [2.45, 2.75) is 10.8 Å². The molecule has 0 amide bonds. The zero-order chi connectivity index (χ0) is 46.2. The van der Waals surface area contributed by atoms with Gasteiger partial charge >= 0.3 is 0 Å². The molecule has 70 heavy (non-hydrogen) atoms. The van der Waals surface area contributed by atoms with Gasteiger partial charge in [0.1, 0.15) is 0 Å². The zero-order valence-corrected chi connectivity index (χ0v) is 38.5. The Balaban J connectivity index is 0.999. The highest BCUT2D eigenvalue weighted by molar-refractivity contribution is 6.09. The molecule has 2 nitrogen and oxygen atoms in total. The highest BCUT2D eigenvalue weighted by atomic mass is 15.1. The normalized spacial score (nSPS) is 13.7. The van der Waals surface area contributed by atoms with Gasteiger partial charge < -0.3 is 9.47 Å². The smallest absolute Gasteiger partial charge is 0.0713 e. The summed E-state index contributed by atoms with van der Waals surface area (Å²) in [6, 6.07) is 103. The fourth-order valence-electron chi connectivity index (χ4n) is 12.6. The van der Waals surface area contributed by atoms with E-state index in [1.165, 1.54) is 88.6 Å². The number of hydrogen-bond donors (Lipinski definition) is 0. The van der Waals surface area contributed by atoms with Crippen molar-refractivity contribution in [3.8, 4) is 27.9 Å². The summed E-state index contributed by atoms with van der Waals surface area (Å²) in [7, 11) is 0. The molecule has 0 spiro atoms. The Morgan fingerprint density at radius 2 is 0.643 bits per heavy atom. The largest absolute Gasteiger partial charge is 0.310 e. The van der Waals surface area contributed by atoms with Crippen LogP contribution >= 0.6 is 0 Å². The van der Waals surface area contributed by atoms with Gasteiger partial charge in [0.05, 0.1) is 21.9 Å². The summed E-state index contributed by atoms with van der Waals surface area (Å²) in [5, 5.41) is 2.49. The second-order valence-corrected chi connectivity index (χ2v) is 18.7. The summed E-state index contributed by atoms with van der Waals surface area (Å²) >= 11 is 0. The molecule has 0 radical (unpaired) electrons. The first-order chi connectivity index (χ1) is 34.7. The number of para-hydroxylation sites is 2. The monoisotopic (exact) mass is 890 g/mol. The summed E-state index contributed by atoms with van der Waals surface area (Å²) in [5.41, 5.74) is 21.0. The van der Waals surface area contributed by atoms with E-state index < -0.39 is 10.8 Å². The minimum absolute atomic E-state index is 0.491. The van der Waals surface area contributed by atoms with Gasteiger partial charge in [-0.2, -0.15) is 0 Å². The Morgan fingerprint density at radius 3 is 1.16 bits per heavy atom. The molecular formula is C68H46N2. The van der Waals surface area contributed by atoms with Crippen molar-refractivity contribution in [1.29, 1.82) is 0 Å². The van der Waals surface area contributed by atoms with Crippen LogP contribution in [-0.4, -0.2) is 4.57 Å². The molecule has 1 heterocycles. The van der Waals surface area contributed by atoms with Crippen LogP contribution in [0, 0.1) is 0 Å². The Hall–Kier alpha value is -8.98. The molecule has 12 aromatic rings. The van der Waals surface area contributed by atoms with Crippen LogP contribution in [0.15, 0.2) is 279 Å². The molecule has 0 atom stereocenters. The standard InChI is InChI=1S/C68H46N2/c1-4-21-47(22-5-1)67(48-23-6-2-7-24-48)63-36-17-12-31-57(63)60-46-54(43-44-64(60)67)69(52-27-20-28-53(45-52)70-65-37-18-13-32-58(65)59-33-14-19-38-66(59)70)51-41-39-50(40-42-51)68(49-25-8-3-9-26-49)61-34-15-10-29-55(61)56-30-11-16-35-62(56)68/h1-46H. The van der Waals surface area contributed by atoms with E-state index in [4.69, 9.17) is 0 Å². The molecule has 328 valence electrons. The molecular weight excluding hydrogens is 845 g/mol. The lowest BCUT2D eigenvalue weighted by Crippen LogP contribution is -2.28. The molecule has 0 unspecified atom stereocenters. The van der Waals surface area contributed by atoms with Gasteiger partial charge in [0, 0.05) is 33.5 Å². The summed E-state index contributed by atoms with van der Waals surface area (Å²) in [4.78, 5) is 2.46. The third kappa shape index (κ3) is 5.68. The van der Waals surface area contributed by atoms with E-state index in [-0.39, 0.29) is 0 Å². The quantitative estimate of drug-likeness (QED) is 0.148. The third-order valence-electron chi connectivity index (χ3n) is 15.3. The average molecular weight is 891 g/mol. The molecule has 0 saturated carbocycles. The zero-order valence-electron chi connectivity index (χ0n) is 38.5. The van der Waals surface area contributed by atoms with Gasteiger partial charge in [0.25, 0.3) is 0 Å². The first-order valence-corrected chi connectivity index (χ1v) is 24.3. The maximum atomic E-state index is 2.46. The molecule has 0 saturated heterocycles. The molecule has 0 fully saturated rings. The lowest BCUT2D eigenvalue weighted by Gasteiger charge is -2.35. The number of fused-ring (bicyclic) bond motifs is 9. The van der Waals surface area contributed by atoms with Crippen molar-refractivity contribution in [2.75, 3.05) is 4.90 Å². The minimum atomic E-state index is -0.496. The summed E-state index contributed by atoms with van der Waals surface area (Å²) in [6.07, 6.45) is 0. The van der Waals surface area contributed by atoms with E-state index in [1.54, 1.807) is 0 Å². The van der Waals surface area contributed by atoms with Crippen LogP contribution in [0.25, 0.3) is 49.7 Å². The SMILES string of the molecule is c1ccc(C2(c3ccc(N(c4cccc(-n5c6ccccc6c6ccccc65)c4)c4ccc5c(c4)-c4ccccc4C5(c4ccccc4)c4ccccc4)cc3)c3ccccc3-c3ccccc32)cc1. The molecule has 0 N–H and O–H groups in total. The maximum absolute atomic E-state index is 2.46. The second-order valence-electron chi connectivity index (χ2n) is 18.7. The van der Waals surface area contributed by atoms with Crippen molar-refractivity contribution in [1.82, 2.24) is 4.57 Å². The van der Waals surface area contributed by atoms with E-state index in [0.717, 1.165) is 22.7 Å². The van der Waals surface area contributed by atoms with E-state index >= 15 is 0 Å². The van der Waals surface area contributed by atoms with Crippen molar-refractivity contribution in [3.05, 3.63) is 324 Å². The maximum Gasteiger partial charge on any atom is 0.0713 e. The Morgan fingerprint density at radius 1 is 0.257 bits per heavy atom. The molecule has 2 aliphatic rings. The highest BCUT2D eigenvalue weighted by Gasteiger charge is 2.47. The van der Waals surface area contributed by atoms with E-state index in [9.17, 15) is 0 Å². The minimum Gasteiger partial charge on any atom is -0.310 e. The van der Waals surface area contributed by atoms with Gasteiger partial charge in [-0.15, -0.1) is 0 Å². The van der Waals surface area contributed by atoms with Crippen LogP contribution in [0.3, 0.4) is 0 Å². The van der Waals surface area contributed by atoms with Gasteiger partial charge in [-0.3, -0.25) is 0 Å². The number of hydrogen-bond acceptors (Lipinski definition) is 1. The van der Waals surface area contributed by atoms with E-state index in [1.807, 2.05) is 0 Å². The molecule has 0 aliphatic heterocycles. The Kier molecular flexibility index (Phi) is 9.06. The molecule has 2 heteroatoms. The third-order valence-corrected chi connectivity index (χ3v) is 15.3. The van der Waals surface area contributed by atoms with Gasteiger partial charge in [0.2, 0.25) is 0 Å². The topological polar surface area (TPSA) is 8.17 Å². The number of rotatable bonds is 8. The van der Waals surface area contributed by atoms with Gasteiger partial charge in [-0.1, -0.05) is 224 Å². The van der Waals surface area contributed by atoms with E-state index in [0.29, 0.717) is 0 Å². The summed E-state index contributed by atoms with van der Waals surface area (Å²) in [6.45, 7) is 0. The lowest BCUT2D eigenvalue weighted by atomic mass is 9.67. The van der Waals surface area contributed by atoms with Gasteiger partial charge in [0.15, 0.2) is 0 Å². The first-order valence-electron chi connectivity index (χ1n) is 24.3. The lowest BCUT2D eigenvalue weighted by molar-refractivity contribution is 0.768. The van der Waals surface area contributed by atoms with Crippen molar-refractivity contribution in [2.24, 2.45) is 0 Å². The first kappa shape index (κ1) is 40.1. The summed E-state index contributed by atoms with van der Waals surface area (Å²) < 4.78 is 2.42. The van der Waals surface area contributed by atoms with Crippen LogP contribution in [0.5, 0.6) is 0 Å². The van der Waals surface area contributed by atoms with Crippen LogP contribution in [0.1, 0.15) is 44.5 Å². The average Bonchev–Trinajstić information content (AvgIpc) is 4.05. The van der Waals surface area contributed by atoms with Crippen molar-refractivity contribution >= 4 is 38.9 Å². The van der Waals surface area contributed by atoms with Crippen LogP contribution < -0.4 is 4.90 Å². The second kappa shape index (κ2) is 15.8. The molecule has 14 rings (SSSR count). The van der Waals surface area contributed by atoms with Gasteiger partial charge in [-0.05, 0) is 121 Å². The Bertz CT molecular complexity index is 3800. The van der Waals surface area contributed by atoms with Crippen molar-refractivity contribution in [3.63, 3.8) is 0 Å². The fourth-order valence-corrected chi connectivity index (χ4v) is 12.6. The van der Waals surface area contributed by atoms with E-state index in [2.05, 4.69) is 289 Å². The molecule has 11 aromatic carbocycles. The molecule has 1 aromatic heterocycles. The molecule has 0 bridgehead atoms. The number of anilines is 3. The van der Waals surface area contributed by atoms with Crippen LogP contribution in [0.4, 0.5) is 17.1 Å². The number of benzene rings is 11. The number of aromatic nitrogens is 1. The van der Waals surface area contributed by atoms with Gasteiger partial charge in [-0.25, -0.2) is 0 Å². The summed E-state index contributed by atoms with van der Waals surface area (Å²) in [5.74, 6) is 0. The Labute approximate surface area is 408 Å². The fraction of sp³-hybridized carbons (Fsp3) is 0.0294. The molecule has 2 aliphatic carbocycles. The van der Waals surface area contributed by atoms with Crippen LogP contribution in [-0.2, 0) is 10.8 Å². The number of nitrogens with zero attached hydrogens (tertiary/aromatic N) is 2.